The van der Waals surface area contributed by atoms with Gasteiger partial charge >= 0.3 is 6.09 Å². The number of methoxy groups -OCH3 is 1. The number of carbonyl (C=O) groups excluding carboxylic acids is 1. The Labute approximate surface area is 185 Å². The van der Waals surface area contributed by atoms with E-state index in [1.807, 2.05) is 63.2 Å². The molecule has 0 fully saturated rings. The summed E-state index contributed by atoms with van der Waals surface area (Å²) in [6.07, 6.45) is 3.47. The van der Waals surface area contributed by atoms with Gasteiger partial charge in [-0.1, -0.05) is 43.2 Å². The first-order chi connectivity index (χ1) is 14.8. The standard InChI is InChI=1S/C25H34N2O4/c1-25(2,3)31-24(29)27-17-11-6-5-10-16-26-23(19-12-8-7-9-13-19)21-15-14-20(30-4)18-22(21)28/h7-9,12-15,18,28H,5-6,10-11,16-17H2,1-4H3,(H,27,29). The van der Waals surface area contributed by atoms with E-state index in [-0.39, 0.29) is 11.8 Å². The summed E-state index contributed by atoms with van der Waals surface area (Å²) in [7, 11) is 1.57. The van der Waals surface area contributed by atoms with Crippen molar-refractivity contribution in [1.29, 1.82) is 0 Å². The lowest BCUT2D eigenvalue weighted by Gasteiger charge is -2.19. The van der Waals surface area contributed by atoms with Gasteiger partial charge in [-0.05, 0) is 45.7 Å². The number of unbranched alkanes of at least 4 members (excludes halogenated alkanes) is 3. The van der Waals surface area contributed by atoms with E-state index in [0.29, 0.717) is 24.4 Å². The van der Waals surface area contributed by atoms with Gasteiger partial charge in [-0.2, -0.15) is 0 Å². The van der Waals surface area contributed by atoms with Crippen LogP contribution in [0.2, 0.25) is 0 Å². The van der Waals surface area contributed by atoms with Crippen LogP contribution in [0, 0.1) is 0 Å². The van der Waals surface area contributed by atoms with E-state index in [0.717, 1.165) is 37.0 Å². The van der Waals surface area contributed by atoms with Gasteiger partial charge in [0.1, 0.15) is 17.1 Å². The van der Waals surface area contributed by atoms with E-state index in [2.05, 4.69) is 5.32 Å². The van der Waals surface area contributed by atoms with Gasteiger partial charge < -0.3 is 19.9 Å². The summed E-state index contributed by atoms with van der Waals surface area (Å²) in [6.45, 7) is 6.82. The van der Waals surface area contributed by atoms with Gasteiger partial charge in [-0.25, -0.2) is 4.79 Å². The zero-order valence-corrected chi connectivity index (χ0v) is 19.0. The van der Waals surface area contributed by atoms with Gasteiger partial charge in [0, 0.05) is 30.3 Å². The van der Waals surface area contributed by atoms with Crippen LogP contribution in [0.3, 0.4) is 0 Å². The Hall–Kier alpha value is -3.02. The molecule has 2 aromatic carbocycles. The maximum absolute atomic E-state index is 11.6. The first kappa shape index (κ1) is 24.3. The number of benzene rings is 2. The molecule has 0 heterocycles. The molecular weight excluding hydrogens is 392 g/mol. The number of carbonyl (C=O) groups is 1. The lowest BCUT2D eigenvalue weighted by Crippen LogP contribution is -2.32. The molecule has 0 aliphatic rings. The molecule has 0 aliphatic carbocycles. The fourth-order valence-electron chi connectivity index (χ4n) is 3.05. The minimum Gasteiger partial charge on any atom is -0.507 e. The van der Waals surface area contributed by atoms with Gasteiger partial charge in [0.15, 0.2) is 0 Å². The minimum atomic E-state index is -0.475. The molecule has 2 rings (SSSR count). The van der Waals surface area contributed by atoms with Crippen molar-refractivity contribution in [1.82, 2.24) is 5.32 Å². The van der Waals surface area contributed by atoms with E-state index in [1.165, 1.54) is 0 Å². The second-order valence-electron chi connectivity index (χ2n) is 8.32. The maximum atomic E-state index is 11.6. The van der Waals surface area contributed by atoms with Crippen molar-refractivity contribution in [2.45, 2.75) is 52.1 Å². The van der Waals surface area contributed by atoms with E-state index in [1.54, 1.807) is 13.2 Å². The number of nitrogens with one attached hydrogen (secondary N) is 1. The predicted molar refractivity (Wildman–Crippen MR) is 124 cm³/mol. The Bertz CT molecular complexity index is 858. The number of hydrogen-bond acceptors (Lipinski definition) is 5. The first-order valence-electron chi connectivity index (χ1n) is 10.7. The van der Waals surface area contributed by atoms with Crippen molar-refractivity contribution in [2.75, 3.05) is 20.2 Å². The largest absolute Gasteiger partial charge is 0.507 e. The topological polar surface area (TPSA) is 80.2 Å². The summed E-state index contributed by atoms with van der Waals surface area (Å²) in [5.41, 5.74) is 1.95. The van der Waals surface area contributed by atoms with Crippen LogP contribution in [0.4, 0.5) is 4.79 Å². The molecular formula is C25H34N2O4. The van der Waals surface area contributed by atoms with E-state index in [9.17, 15) is 9.90 Å². The van der Waals surface area contributed by atoms with Crippen LogP contribution in [0.5, 0.6) is 11.5 Å². The van der Waals surface area contributed by atoms with Crippen LogP contribution < -0.4 is 10.1 Å². The quantitative estimate of drug-likeness (QED) is 0.398. The van der Waals surface area contributed by atoms with Gasteiger partial charge in [-0.15, -0.1) is 0 Å². The van der Waals surface area contributed by atoms with E-state index in [4.69, 9.17) is 14.5 Å². The molecule has 168 valence electrons. The molecule has 2 N–H and O–H groups in total. The maximum Gasteiger partial charge on any atom is 0.407 e. The van der Waals surface area contributed by atoms with Crippen LogP contribution in [-0.4, -0.2) is 42.7 Å². The third kappa shape index (κ3) is 8.70. The van der Waals surface area contributed by atoms with Crippen molar-refractivity contribution in [3.63, 3.8) is 0 Å². The van der Waals surface area contributed by atoms with Gasteiger partial charge in [-0.3, -0.25) is 4.99 Å². The normalized spacial score (nSPS) is 11.8. The Kier molecular flexibility index (Phi) is 9.38. The summed E-state index contributed by atoms with van der Waals surface area (Å²) in [5.74, 6) is 0.754. The van der Waals surface area contributed by atoms with Crippen LogP contribution in [0.15, 0.2) is 53.5 Å². The summed E-state index contributed by atoms with van der Waals surface area (Å²) >= 11 is 0. The molecule has 0 aromatic heterocycles. The number of rotatable bonds is 10. The number of nitrogens with zero attached hydrogens (tertiary/aromatic N) is 1. The van der Waals surface area contributed by atoms with Gasteiger partial charge in [0.05, 0.1) is 12.8 Å². The highest BCUT2D eigenvalue weighted by Crippen LogP contribution is 2.26. The smallest absolute Gasteiger partial charge is 0.407 e. The summed E-state index contributed by atoms with van der Waals surface area (Å²) < 4.78 is 10.4. The monoisotopic (exact) mass is 426 g/mol. The molecule has 0 atom stereocenters. The summed E-state index contributed by atoms with van der Waals surface area (Å²) in [5, 5.41) is 13.2. The van der Waals surface area contributed by atoms with Crippen LogP contribution in [0.25, 0.3) is 0 Å². The molecule has 1 amide bonds. The average Bonchev–Trinajstić information content (AvgIpc) is 2.72. The molecule has 0 saturated carbocycles. The number of aromatic hydroxyl groups is 1. The average molecular weight is 427 g/mol. The molecule has 0 unspecified atom stereocenters. The van der Waals surface area contributed by atoms with Crippen LogP contribution in [0.1, 0.15) is 57.6 Å². The minimum absolute atomic E-state index is 0.148. The third-order valence-corrected chi connectivity index (χ3v) is 4.53. The molecule has 0 radical (unpaired) electrons. The Morgan fingerprint density at radius 1 is 1.03 bits per heavy atom. The highest BCUT2D eigenvalue weighted by Gasteiger charge is 2.15. The van der Waals surface area contributed by atoms with Gasteiger partial charge in [0.25, 0.3) is 0 Å². The number of phenolic OH excluding ortho intramolecular Hbond substituents is 1. The van der Waals surface area contributed by atoms with Crippen molar-refractivity contribution >= 4 is 11.8 Å². The summed E-state index contributed by atoms with van der Waals surface area (Å²) in [6, 6.07) is 15.1. The number of hydrogen-bond donors (Lipinski definition) is 2. The van der Waals surface area contributed by atoms with Crippen LogP contribution >= 0.6 is 0 Å². The molecule has 6 nitrogen and oxygen atoms in total. The van der Waals surface area contributed by atoms with E-state index >= 15 is 0 Å². The van der Waals surface area contributed by atoms with Crippen molar-refractivity contribution in [3.05, 3.63) is 59.7 Å². The molecule has 6 heteroatoms. The molecule has 0 bridgehead atoms. The lowest BCUT2D eigenvalue weighted by atomic mass is 10.0. The van der Waals surface area contributed by atoms with Crippen molar-refractivity contribution in [3.8, 4) is 11.5 Å². The second-order valence-corrected chi connectivity index (χ2v) is 8.32. The second kappa shape index (κ2) is 12.0. The number of alkyl carbamates (subject to hydrolysis) is 1. The predicted octanol–water partition coefficient (Wildman–Crippen LogP) is 5.32. The number of phenols is 1. The third-order valence-electron chi connectivity index (χ3n) is 4.53. The number of amides is 1. The highest BCUT2D eigenvalue weighted by atomic mass is 16.6. The van der Waals surface area contributed by atoms with Crippen LogP contribution in [-0.2, 0) is 4.74 Å². The zero-order chi connectivity index (χ0) is 22.7. The SMILES string of the molecule is COc1ccc(C(=NCCCCCCNC(=O)OC(C)(C)C)c2ccccc2)c(O)c1. The Morgan fingerprint density at radius 2 is 1.74 bits per heavy atom. The van der Waals surface area contributed by atoms with Gasteiger partial charge in [0.2, 0.25) is 0 Å². The Balaban J connectivity index is 1.86. The van der Waals surface area contributed by atoms with E-state index < -0.39 is 5.60 Å². The zero-order valence-electron chi connectivity index (χ0n) is 19.0. The number of aliphatic imine (C=N–C) groups is 1. The van der Waals surface area contributed by atoms with Crippen molar-refractivity contribution in [2.24, 2.45) is 4.99 Å². The fourth-order valence-corrected chi connectivity index (χ4v) is 3.05. The number of ether oxygens (including phenoxy) is 2. The first-order valence-corrected chi connectivity index (χ1v) is 10.7. The Morgan fingerprint density at radius 3 is 2.39 bits per heavy atom. The van der Waals surface area contributed by atoms with Crippen molar-refractivity contribution < 1.29 is 19.4 Å². The lowest BCUT2D eigenvalue weighted by molar-refractivity contribution is 0.0527. The summed E-state index contributed by atoms with van der Waals surface area (Å²) in [4.78, 5) is 16.4. The molecule has 0 saturated heterocycles. The molecule has 0 spiro atoms. The molecule has 2 aromatic rings. The molecule has 0 aliphatic heterocycles. The fraction of sp³-hybridized carbons (Fsp3) is 0.440. The highest BCUT2D eigenvalue weighted by molar-refractivity contribution is 6.14. The molecule has 31 heavy (non-hydrogen) atoms.